The molecule has 100 valence electrons. The van der Waals surface area contributed by atoms with E-state index in [0.29, 0.717) is 0 Å². The topological polar surface area (TPSA) is 24.1 Å². The molecule has 0 radical (unpaired) electrons. The molecule has 2 nitrogen and oxygen atoms in total. The van der Waals surface area contributed by atoms with E-state index >= 15 is 0 Å². The maximum absolute atomic E-state index is 3.53. The Balaban J connectivity index is 1.84. The zero-order valence-electron chi connectivity index (χ0n) is 11.4. The van der Waals surface area contributed by atoms with E-state index in [1.165, 1.54) is 49.7 Å². The largest absolute Gasteiger partial charge is 0.313 e. The second-order valence-corrected chi connectivity index (χ2v) is 5.29. The van der Waals surface area contributed by atoms with Crippen LogP contribution >= 0.6 is 0 Å². The summed E-state index contributed by atoms with van der Waals surface area (Å²) in [7, 11) is 0. The van der Waals surface area contributed by atoms with Crippen molar-refractivity contribution in [1.82, 2.24) is 10.6 Å². The second-order valence-electron chi connectivity index (χ2n) is 5.29. The lowest BCUT2D eigenvalue weighted by Crippen LogP contribution is -2.16. The fourth-order valence-corrected chi connectivity index (χ4v) is 2.45. The van der Waals surface area contributed by atoms with Crippen molar-refractivity contribution < 1.29 is 0 Å². The van der Waals surface area contributed by atoms with Crippen LogP contribution in [0.5, 0.6) is 0 Å². The zero-order chi connectivity index (χ0) is 12.5. The van der Waals surface area contributed by atoms with Crippen LogP contribution in [0, 0.1) is 0 Å². The molecule has 0 atom stereocenters. The van der Waals surface area contributed by atoms with E-state index < -0.39 is 0 Å². The lowest BCUT2D eigenvalue weighted by molar-refractivity contribution is 0.548. The van der Waals surface area contributed by atoms with Crippen LogP contribution in [0.3, 0.4) is 0 Å². The molecule has 2 heterocycles. The van der Waals surface area contributed by atoms with Gasteiger partial charge in [0.2, 0.25) is 0 Å². The van der Waals surface area contributed by atoms with E-state index in [0.717, 1.165) is 26.2 Å². The Labute approximate surface area is 111 Å². The molecular formula is C16H26N2. The molecule has 0 saturated heterocycles. The summed E-state index contributed by atoms with van der Waals surface area (Å²) >= 11 is 0. The van der Waals surface area contributed by atoms with Crippen molar-refractivity contribution in [2.75, 3.05) is 13.1 Å². The summed E-state index contributed by atoms with van der Waals surface area (Å²) in [5.74, 6) is 0. The normalized spacial score (nSPS) is 19.8. The van der Waals surface area contributed by atoms with Crippen molar-refractivity contribution in [3.8, 4) is 0 Å². The highest BCUT2D eigenvalue weighted by Crippen LogP contribution is 2.07. The Hall–Kier alpha value is -0.860. The van der Waals surface area contributed by atoms with Gasteiger partial charge in [0.25, 0.3) is 0 Å². The molecule has 0 spiro atoms. The fourth-order valence-electron chi connectivity index (χ4n) is 2.45. The van der Waals surface area contributed by atoms with Gasteiger partial charge in [-0.15, -0.1) is 0 Å². The van der Waals surface area contributed by atoms with Crippen molar-refractivity contribution in [2.24, 2.45) is 0 Å². The number of hydrogen-bond donors (Lipinski definition) is 2. The van der Waals surface area contributed by atoms with Crippen LogP contribution in [-0.2, 0) is 13.1 Å². The summed E-state index contributed by atoms with van der Waals surface area (Å²) in [6, 6.07) is 8.98. The Kier molecular flexibility index (Phi) is 6.24. The Morgan fingerprint density at radius 2 is 0.944 bits per heavy atom. The van der Waals surface area contributed by atoms with Crippen molar-refractivity contribution >= 4 is 0 Å². The van der Waals surface area contributed by atoms with Crippen molar-refractivity contribution in [1.29, 1.82) is 0 Å². The van der Waals surface area contributed by atoms with Crippen molar-refractivity contribution in [2.45, 2.75) is 51.6 Å². The van der Waals surface area contributed by atoms with Crippen LogP contribution in [0.4, 0.5) is 0 Å². The molecule has 2 aliphatic heterocycles. The van der Waals surface area contributed by atoms with Crippen molar-refractivity contribution in [3.63, 3.8) is 0 Å². The lowest BCUT2D eigenvalue weighted by atomic mass is 10.1. The van der Waals surface area contributed by atoms with E-state index in [2.05, 4.69) is 34.9 Å². The summed E-state index contributed by atoms with van der Waals surface area (Å²) in [4.78, 5) is 0. The van der Waals surface area contributed by atoms with Gasteiger partial charge in [-0.1, -0.05) is 49.9 Å². The highest BCUT2D eigenvalue weighted by molar-refractivity contribution is 5.22. The average molecular weight is 246 g/mol. The molecule has 2 N–H and O–H groups in total. The third kappa shape index (κ3) is 5.19. The number of rotatable bonds is 0. The first kappa shape index (κ1) is 13.6. The summed E-state index contributed by atoms with van der Waals surface area (Å²) < 4.78 is 0. The maximum atomic E-state index is 3.53. The van der Waals surface area contributed by atoms with Crippen LogP contribution in [0.2, 0.25) is 0 Å². The first-order chi connectivity index (χ1) is 8.95. The first-order valence-corrected chi connectivity index (χ1v) is 7.44. The molecule has 18 heavy (non-hydrogen) atoms. The van der Waals surface area contributed by atoms with Crippen LogP contribution in [0.1, 0.15) is 49.7 Å². The Morgan fingerprint density at radius 1 is 0.556 bits per heavy atom. The summed E-state index contributed by atoms with van der Waals surface area (Å²) in [6.07, 6.45) is 8.18. The number of hydrogen-bond acceptors (Lipinski definition) is 2. The van der Waals surface area contributed by atoms with Crippen LogP contribution in [0.15, 0.2) is 24.3 Å². The molecule has 1 aromatic rings. The van der Waals surface area contributed by atoms with Crippen LogP contribution in [0.25, 0.3) is 0 Å². The van der Waals surface area contributed by atoms with Crippen molar-refractivity contribution in [3.05, 3.63) is 35.4 Å². The molecule has 0 fully saturated rings. The van der Waals surface area contributed by atoms with Gasteiger partial charge in [0.05, 0.1) is 0 Å². The van der Waals surface area contributed by atoms with Gasteiger partial charge in [0.15, 0.2) is 0 Å². The predicted octanol–water partition coefficient (Wildman–Crippen LogP) is 3.22. The number of fused-ring (bicyclic) bond motifs is 13. The Bertz CT molecular complexity index is 285. The van der Waals surface area contributed by atoms with E-state index in [9.17, 15) is 0 Å². The molecule has 1 aromatic carbocycles. The minimum atomic E-state index is 1.01. The SMILES string of the molecule is c1cc2ccc1CNCCCCCCCCNC2. The predicted molar refractivity (Wildman–Crippen MR) is 77.6 cm³/mol. The molecule has 0 amide bonds. The van der Waals surface area contributed by atoms with Gasteiger partial charge in [-0.05, 0) is 37.1 Å². The standard InChI is InChI=1S/C16H26N2/c1-2-4-6-12-18-14-16-9-7-15(8-10-16)13-17-11-5-3-1/h7-10,17-18H,1-6,11-14H2. The van der Waals surface area contributed by atoms with Gasteiger partial charge < -0.3 is 10.6 Å². The Morgan fingerprint density at radius 3 is 1.39 bits per heavy atom. The van der Waals surface area contributed by atoms with E-state index in [1.54, 1.807) is 0 Å². The van der Waals surface area contributed by atoms with Gasteiger partial charge in [-0.2, -0.15) is 0 Å². The zero-order valence-corrected chi connectivity index (χ0v) is 11.4. The molecule has 2 heteroatoms. The lowest BCUT2D eigenvalue weighted by Gasteiger charge is -2.09. The highest BCUT2D eigenvalue weighted by Gasteiger charge is 1.97. The molecule has 0 unspecified atom stereocenters. The summed E-state index contributed by atoms with van der Waals surface area (Å²) in [5, 5.41) is 7.06. The third-order valence-corrected chi connectivity index (χ3v) is 3.64. The van der Waals surface area contributed by atoms with Gasteiger partial charge in [-0.25, -0.2) is 0 Å². The monoisotopic (exact) mass is 246 g/mol. The third-order valence-electron chi connectivity index (χ3n) is 3.64. The summed E-state index contributed by atoms with van der Waals surface area (Å²) in [6.45, 7) is 4.33. The average Bonchev–Trinajstić information content (AvgIpc) is 2.40. The van der Waals surface area contributed by atoms with Gasteiger partial charge in [0.1, 0.15) is 0 Å². The first-order valence-electron chi connectivity index (χ1n) is 7.44. The van der Waals surface area contributed by atoms with Gasteiger partial charge in [-0.3, -0.25) is 0 Å². The molecule has 3 rings (SSSR count). The van der Waals surface area contributed by atoms with E-state index in [4.69, 9.17) is 0 Å². The maximum Gasteiger partial charge on any atom is 0.0205 e. The van der Waals surface area contributed by atoms with Gasteiger partial charge in [0, 0.05) is 13.1 Å². The van der Waals surface area contributed by atoms with E-state index in [-0.39, 0.29) is 0 Å². The van der Waals surface area contributed by atoms with Gasteiger partial charge >= 0.3 is 0 Å². The quantitative estimate of drug-likeness (QED) is 0.734. The van der Waals surface area contributed by atoms with Crippen LogP contribution in [-0.4, -0.2) is 13.1 Å². The second kappa shape index (κ2) is 8.28. The number of benzene rings is 1. The molecular weight excluding hydrogens is 220 g/mol. The molecule has 0 aliphatic carbocycles. The minimum Gasteiger partial charge on any atom is -0.313 e. The number of nitrogens with one attached hydrogen (secondary N) is 2. The minimum absolute atomic E-state index is 1.01. The molecule has 0 saturated carbocycles. The van der Waals surface area contributed by atoms with Crippen LogP contribution < -0.4 is 10.6 Å². The summed E-state index contributed by atoms with van der Waals surface area (Å²) in [5.41, 5.74) is 2.79. The van der Waals surface area contributed by atoms with E-state index in [1.807, 2.05) is 0 Å². The molecule has 2 aliphatic rings. The smallest absolute Gasteiger partial charge is 0.0205 e. The highest BCUT2D eigenvalue weighted by atomic mass is 14.8. The molecule has 2 bridgehead atoms. The fraction of sp³-hybridized carbons (Fsp3) is 0.625. The molecule has 0 aromatic heterocycles.